The van der Waals surface area contributed by atoms with E-state index in [0.29, 0.717) is 12.0 Å². The Bertz CT molecular complexity index is 1480. The van der Waals surface area contributed by atoms with Crippen LogP contribution in [0, 0.1) is 11.3 Å². The lowest BCUT2D eigenvalue weighted by Gasteiger charge is -2.27. The number of anilines is 1. The Balaban J connectivity index is 0.00000162. The van der Waals surface area contributed by atoms with Crippen LogP contribution in [0.5, 0.6) is 0 Å². The maximum Gasteiger partial charge on any atom is 0.303 e. The largest absolute Gasteiger partial charge is 0.481 e. The van der Waals surface area contributed by atoms with Crippen LogP contribution in [0.25, 0.3) is 0 Å². The molecule has 0 aliphatic carbocycles. The van der Waals surface area contributed by atoms with Gasteiger partial charge in [0, 0.05) is 47.5 Å². The van der Waals surface area contributed by atoms with E-state index in [-0.39, 0.29) is 17.3 Å². The Kier molecular flexibility index (Phi) is 13.6. The van der Waals surface area contributed by atoms with Crippen molar-refractivity contribution in [1.29, 1.82) is 5.26 Å². The van der Waals surface area contributed by atoms with Gasteiger partial charge in [-0.2, -0.15) is 9.84 Å². The van der Waals surface area contributed by atoms with E-state index in [0.717, 1.165) is 19.4 Å². The molecule has 2 heterocycles. The molecule has 4 rings (SSSR count). The van der Waals surface area contributed by atoms with Gasteiger partial charge in [0.15, 0.2) is 5.71 Å². The zero-order chi connectivity index (χ0) is 32.9. The highest BCUT2D eigenvalue weighted by Gasteiger charge is 2.42. The number of nitriles is 1. The maximum atomic E-state index is 10.9. The van der Waals surface area contributed by atoms with Gasteiger partial charge in [-0.05, 0) is 56.5 Å². The fourth-order valence-corrected chi connectivity index (χ4v) is 6.02. The van der Waals surface area contributed by atoms with Gasteiger partial charge in [-0.15, -0.1) is 0 Å². The molecule has 2 aromatic rings. The normalized spacial score (nSPS) is 17.1. The average Bonchev–Trinajstić information content (AvgIpc) is 3.36. The minimum absolute atomic E-state index is 0.108. The van der Waals surface area contributed by atoms with Crippen molar-refractivity contribution in [3.05, 3.63) is 107 Å². The van der Waals surface area contributed by atoms with E-state index < -0.39 is 5.97 Å². The average molecular weight is 595 g/mol. The van der Waals surface area contributed by atoms with Gasteiger partial charge in [-0.1, -0.05) is 96.5 Å². The van der Waals surface area contributed by atoms with Crippen LogP contribution in [-0.4, -0.2) is 35.0 Å². The number of carboxylic acids is 1. The molecule has 0 unspecified atom stereocenters. The van der Waals surface area contributed by atoms with Crippen LogP contribution in [0.3, 0.4) is 0 Å². The molecule has 0 amide bonds. The summed E-state index contributed by atoms with van der Waals surface area (Å²) in [6, 6.07) is 19.3. The number of nitrogens with zero attached hydrogens (tertiary/aromatic N) is 3. The van der Waals surface area contributed by atoms with E-state index in [1.54, 1.807) is 0 Å². The first-order valence-electron chi connectivity index (χ1n) is 16.1. The quantitative estimate of drug-likeness (QED) is 0.129. The van der Waals surface area contributed by atoms with Gasteiger partial charge in [0.2, 0.25) is 5.69 Å². The Labute approximate surface area is 266 Å². The maximum absolute atomic E-state index is 10.9. The first-order chi connectivity index (χ1) is 21.1. The SMILES string of the molecule is CC.CC.C[N+]1=C(/C=C/C=C(C#N)/C=C/C=C2/N(CCCCCC(=O)O)c3ccccc3C2(C)C)C(C)(C)c2ccccc21. The third kappa shape index (κ3) is 8.05. The van der Waals surface area contributed by atoms with E-state index in [2.05, 4.69) is 111 Å². The number of carboxylic acid groups (broad SMARTS) is 1. The summed E-state index contributed by atoms with van der Waals surface area (Å²) >= 11 is 0. The summed E-state index contributed by atoms with van der Waals surface area (Å²) in [7, 11) is 2.09. The molecule has 234 valence electrons. The molecule has 0 spiro atoms. The first-order valence-corrected chi connectivity index (χ1v) is 16.1. The molecule has 2 aliphatic heterocycles. The highest BCUT2D eigenvalue weighted by molar-refractivity contribution is 6.03. The lowest BCUT2D eigenvalue weighted by atomic mass is 9.81. The molecule has 5 nitrogen and oxygen atoms in total. The Hall–Kier alpha value is -4.17. The topological polar surface area (TPSA) is 67.3 Å². The standard InChI is InChI=1S/C35H39N3O2.2C2H6/c1-34(2)27-17-8-10-19-29(27)37(5)31(34)21-13-15-26(25-36)16-14-22-32-35(3,4)28-18-9-11-20-30(28)38(32)24-12-6-7-23-33(39)40;2*1-2/h8-11,13-22H,6-7,12,23-24H2,1-5H3;2*1-2H3/p+1. The Morgan fingerprint density at radius 1 is 0.909 bits per heavy atom. The van der Waals surface area contributed by atoms with Gasteiger partial charge in [-0.3, -0.25) is 4.79 Å². The summed E-state index contributed by atoms with van der Waals surface area (Å²) in [5, 5.41) is 18.8. The van der Waals surface area contributed by atoms with Crippen LogP contribution in [0.15, 0.2) is 96.3 Å². The van der Waals surface area contributed by atoms with E-state index >= 15 is 0 Å². The van der Waals surface area contributed by atoms with Gasteiger partial charge < -0.3 is 10.0 Å². The van der Waals surface area contributed by atoms with Gasteiger partial charge >= 0.3 is 5.97 Å². The molecule has 0 saturated heterocycles. The third-order valence-corrected chi connectivity index (χ3v) is 8.20. The van der Waals surface area contributed by atoms with Crippen molar-refractivity contribution < 1.29 is 14.5 Å². The van der Waals surface area contributed by atoms with Gasteiger partial charge in [0.25, 0.3) is 0 Å². The van der Waals surface area contributed by atoms with Crippen molar-refractivity contribution in [2.24, 2.45) is 0 Å². The highest BCUT2D eigenvalue weighted by Crippen LogP contribution is 2.47. The van der Waals surface area contributed by atoms with Crippen molar-refractivity contribution in [1.82, 2.24) is 0 Å². The van der Waals surface area contributed by atoms with Crippen molar-refractivity contribution >= 4 is 23.1 Å². The number of aliphatic carboxylic acids is 1. The van der Waals surface area contributed by atoms with Crippen LogP contribution in [0.4, 0.5) is 11.4 Å². The summed E-state index contributed by atoms with van der Waals surface area (Å²) in [5.74, 6) is -0.739. The summed E-state index contributed by atoms with van der Waals surface area (Å²) in [5.41, 5.74) is 7.67. The number of benzene rings is 2. The number of hydrogen-bond donors (Lipinski definition) is 1. The lowest BCUT2D eigenvalue weighted by Crippen LogP contribution is -2.27. The number of fused-ring (bicyclic) bond motifs is 2. The van der Waals surface area contributed by atoms with E-state index in [1.165, 1.54) is 33.9 Å². The molecule has 0 radical (unpaired) electrons. The molecule has 2 aromatic carbocycles. The third-order valence-electron chi connectivity index (χ3n) is 8.20. The van der Waals surface area contributed by atoms with Gasteiger partial charge in [0.05, 0.1) is 17.1 Å². The molecule has 1 N–H and O–H groups in total. The second kappa shape index (κ2) is 16.6. The number of allylic oxidation sites excluding steroid dienone is 8. The molecule has 0 saturated carbocycles. The Morgan fingerprint density at radius 3 is 2.18 bits per heavy atom. The smallest absolute Gasteiger partial charge is 0.303 e. The molecule has 2 aliphatic rings. The van der Waals surface area contributed by atoms with Gasteiger partial charge in [-0.25, -0.2) is 0 Å². The van der Waals surface area contributed by atoms with Crippen LogP contribution in [0.1, 0.15) is 92.2 Å². The minimum Gasteiger partial charge on any atom is -0.481 e. The highest BCUT2D eigenvalue weighted by atomic mass is 16.4. The van der Waals surface area contributed by atoms with E-state index in [1.807, 2.05) is 52.0 Å². The number of rotatable bonds is 10. The number of hydrogen-bond acceptors (Lipinski definition) is 3. The number of carbonyl (C=O) groups is 1. The molecule has 0 atom stereocenters. The fraction of sp³-hybridized carbons (Fsp3) is 0.410. The molecule has 0 fully saturated rings. The van der Waals surface area contributed by atoms with Crippen molar-refractivity contribution in [3.8, 4) is 6.07 Å². The first kappa shape index (κ1) is 36.0. The van der Waals surface area contributed by atoms with Crippen molar-refractivity contribution in [3.63, 3.8) is 0 Å². The summed E-state index contributed by atoms with van der Waals surface area (Å²) in [6.07, 6.45) is 14.6. The van der Waals surface area contributed by atoms with Crippen LogP contribution in [0.2, 0.25) is 0 Å². The minimum atomic E-state index is -0.739. The second-order valence-electron chi connectivity index (χ2n) is 11.6. The molecular weight excluding hydrogens is 542 g/mol. The second-order valence-corrected chi connectivity index (χ2v) is 11.6. The van der Waals surface area contributed by atoms with Crippen LogP contribution in [-0.2, 0) is 15.6 Å². The lowest BCUT2D eigenvalue weighted by molar-refractivity contribution is -0.401. The van der Waals surface area contributed by atoms with Crippen molar-refractivity contribution in [2.75, 3.05) is 18.5 Å². The van der Waals surface area contributed by atoms with Crippen LogP contribution < -0.4 is 4.90 Å². The van der Waals surface area contributed by atoms with Crippen molar-refractivity contribution in [2.45, 2.75) is 91.9 Å². The Morgan fingerprint density at radius 2 is 1.55 bits per heavy atom. The predicted octanol–water partition coefficient (Wildman–Crippen LogP) is 9.63. The molecule has 0 bridgehead atoms. The molecule has 0 aromatic heterocycles. The summed E-state index contributed by atoms with van der Waals surface area (Å²) in [6.45, 7) is 17.8. The number of unbranched alkanes of at least 4 members (excludes halogenated alkanes) is 2. The van der Waals surface area contributed by atoms with Gasteiger partial charge in [0.1, 0.15) is 7.05 Å². The van der Waals surface area contributed by atoms with E-state index in [4.69, 9.17) is 5.11 Å². The fourth-order valence-electron chi connectivity index (χ4n) is 6.02. The summed E-state index contributed by atoms with van der Waals surface area (Å²) < 4.78 is 2.22. The molecule has 44 heavy (non-hydrogen) atoms. The monoisotopic (exact) mass is 594 g/mol. The predicted molar refractivity (Wildman–Crippen MR) is 186 cm³/mol. The summed E-state index contributed by atoms with van der Waals surface area (Å²) in [4.78, 5) is 13.2. The zero-order valence-electron chi connectivity index (χ0n) is 28.3. The number of para-hydroxylation sites is 2. The van der Waals surface area contributed by atoms with Crippen LogP contribution >= 0.6 is 0 Å². The molecular formula is C39H52N3O2+. The molecule has 5 heteroatoms. The zero-order valence-corrected chi connectivity index (χ0v) is 28.3. The van der Waals surface area contributed by atoms with E-state index in [9.17, 15) is 10.1 Å².